The van der Waals surface area contributed by atoms with Crippen LogP contribution in [0.1, 0.15) is 58.9 Å². The summed E-state index contributed by atoms with van der Waals surface area (Å²) in [7, 11) is 1.41. The molecule has 0 aliphatic heterocycles. The second-order valence-electron chi connectivity index (χ2n) is 10.5. The van der Waals surface area contributed by atoms with Crippen LogP contribution < -0.4 is 32.7 Å². The molecule has 39 heavy (non-hydrogen) atoms. The first kappa shape index (κ1) is 33.4. The summed E-state index contributed by atoms with van der Waals surface area (Å²) in [6.07, 6.45) is 0.683. The number of amides is 5. The summed E-state index contributed by atoms with van der Waals surface area (Å²) in [5, 5.41) is 19.9. The minimum atomic E-state index is -1.01. The van der Waals surface area contributed by atoms with Crippen molar-refractivity contribution in [1.29, 1.82) is 0 Å². The van der Waals surface area contributed by atoms with E-state index >= 15 is 0 Å². The van der Waals surface area contributed by atoms with E-state index in [1.807, 2.05) is 27.7 Å². The van der Waals surface area contributed by atoms with Gasteiger partial charge >= 0.3 is 0 Å². The second-order valence-corrected chi connectivity index (χ2v) is 10.5. The molecule has 1 aromatic rings. The highest BCUT2D eigenvalue weighted by molar-refractivity contribution is 5.95. The van der Waals surface area contributed by atoms with E-state index < -0.39 is 53.7 Å². The molecule has 4 atom stereocenters. The number of phenolic OH excluding ortho intramolecular Hbond substituents is 1. The molecule has 0 fully saturated rings. The molecule has 0 aliphatic rings. The fourth-order valence-corrected chi connectivity index (χ4v) is 3.94. The summed E-state index contributed by atoms with van der Waals surface area (Å²) in [5.41, 5.74) is 12.0. The van der Waals surface area contributed by atoms with Crippen molar-refractivity contribution in [2.45, 2.75) is 84.0 Å². The average molecular weight is 549 g/mol. The Balaban J connectivity index is 3.00. The Bertz CT molecular complexity index is 981. The highest BCUT2D eigenvalue weighted by atomic mass is 16.3. The number of primary amides is 1. The van der Waals surface area contributed by atoms with Crippen LogP contribution in [-0.4, -0.2) is 65.9 Å². The van der Waals surface area contributed by atoms with Crippen LogP contribution in [0.15, 0.2) is 24.3 Å². The summed E-state index contributed by atoms with van der Waals surface area (Å²) in [6.45, 7) is 7.55. The third-order valence-corrected chi connectivity index (χ3v) is 5.97. The molecule has 1 rings (SSSR count). The van der Waals surface area contributed by atoms with Crippen LogP contribution >= 0.6 is 0 Å². The first-order valence-corrected chi connectivity index (χ1v) is 13.2. The molecule has 218 valence electrons. The number of aromatic hydroxyl groups is 1. The van der Waals surface area contributed by atoms with Crippen LogP contribution in [0.3, 0.4) is 0 Å². The molecular weight excluding hydrogens is 504 g/mol. The van der Waals surface area contributed by atoms with Gasteiger partial charge in [0.25, 0.3) is 0 Å². The molecule has 0 saturated carbocycles. The van der Waals surface area contributed by atoms with E-state index in [0.29, 0.717) is 6.42 Å². The first-order valence-electron chi connectivity index (χ1n) is 13.2. The largest absolute Gasteiger partial charge is 0.508 e. The Labute approximate surface area is 230 Å². The van der Waals surface area contributed by atoms with E-state index in [1.54, 1.807) is 12.1 Å². The van der Waals surface area contributed by atoms with Gasteiger partial charge in [-0.25, -0.2) is 0 Å². The molecule has 12 heteroatoms. The van der Waals surface area contributed by atoms with Crippen LogP contribution in [0.25, 0.3) is 0 Å². The van der Waals surface area contributed by atoms with Gasteiger partial charge in [0.1, 0.15) is 23.9 Å². The maximum Gasteiger partial charge on any atom is 0.243 e. The molecule has 0 heterocycles. The Kier molecular flexibility index (Phi) is 14.0. The third kappa shape index (κ3) is 12.6. The number of benzene rings is 1. The van der Waals surface area contributed by atoms with E-state index in [0.717, 1.165) is 5.56 Å². The highest BCUT2D eigenvalue weighted by Crippen LogP contribution is 2.13. The lowest BCUT2D eigenvalue weighted by Gasteiger charge is -2.27. The summed E-state index contributed by atoms with van der Waals surface area (Å²) >= 11 is 0. The summed E-state index contributed by atoms with van der Waals surface area (Å²) in [5.74, 6) is -2.62. The number of carbonyl (C=O) groups excluding carboxylic acids is 5. The van der Waals surface area contributed by atoms with E-state index in [9.17, 15) is 29.1 Å². The zero-order chi connectivity index (χ0) is 29.7. The van der Waals surface area contributed by atoms with Gasteiger partial charge in [0.15, 0.2) is 0 Å². The second kappa shape index (κ2) is 16.3. The SMILES string of the molecule is CNC(=O)[C@H](CCC(N)=O)NC(=O)[C@H](CC(C)C)NC(=O)[C@H](CC(C)C)NC(=O)[C@@H](N)Cc1ccc(O)cc1. The van der Waals surface area contributed by atoms with Crippen molar-refractivity contribution in [3.05, 3.63) is 29.8 Å². The lowest BCUT2D eigenvalue weighted by atomic mass is 9.99. The number of carbonyl (C=O) groups is 5. The topological polar surface area (TPSA) is 206 Å². The number of rotatable bonds is 16. The fraction of sp³-hybridized carbons (Fsp3) is 0.593. The maximum absolute atomic E-state index is 13.3. The van der Waals surface area contributed by atoms with Crippen molar-refractivity contribution in [3.63, 3.8) is 0 Å². The summed E-state index contributed by atoms with van der Waals surface area (Å²) in [4.78, 5) is 62.8. The Morgan fingerprint density at radius 1 is 0.769 bits per heavy atom. The number of phenols is 1. The van der Waals surface area contributed by atoms with Crippen molar-refractivity contribution in [3.8, 4) is 5.75 Å². The molecule has 0 radical (unpaired) electrons. The number of hydrogen-bond donors (Lipinski definition) is 7. The molecule has 12 nitrogen and oxygen atoms in total. The highest BCUT2D eigenvalue weighted by Gasteiger charge is 2.31. The molecule has 0 aliphatic carbocycles. The minimum absolute atomic E-state index is 0.00798. The molecule has 0 spiro atoms. The number of hydrogen-bond acceptors (Lipinski definition) is 7. The normalized spacial score (nSPS) is 14.2. The monoisotopic (exact) mass is 548 g/mol. The summed E-state index contributed by atoms with van der Waals surface area (Å²) < 4.78 is 0. The summed E-state index contributed by atoms with van der Waals surface area (Å²) in [6, 6.07) is 2.42. The molecule has 5 amide bonds. The predicted octanol–water partition coefficient (Wildman–Crippen LogP) is -0.180. The van der Waals surface area contributed by atoms with Gasteiger partial charge in [0.2, 0.25) is 29.5 Å². The lowest BCUT2D eigenvalue weighted by Crippen LogP contribution is -2.58. The van der Waals surface area contributed by atoms with Gasteiger partial charge in [-0.05, 0) is 55.2 Å². The van der Waals surface area contributed by atoms with Crippen molar-refractivity contribution >= 4 is 29.5 Å². The maximum atomic E-state index is 13.3. The van der Waals surface area contributed by atoms with Gasteiger partial charge in [0.05, 0.1) is 6.04 Å². The zero-order valence-electron chi connectivity index (χ0n) is 23.5. The standard InChI is InChI=1S/C27H44N6O6/c1-15(2)12-21(32-24(36)19(28)14-17-6-8-18(34)9-7-17)27(39)33-22(13-16(3)4)26(38)31-20(25(37)30-5)10-11-23(29)35/h6-9,15-16,19-22,34H,10-14,28H2,1-5H3,(H2,29,35)(H,30,37)(H,31,38)(H,32,36)(H,33,39)/t19-,20-,21-,22-/m0/s1. The average Bonchev–Trinajstić information content (AvgIpc) is 2.85. The predicted molar refractivity (Wildman–Crippen MR) is 147 cm³/mol. The minimum Gasteiger partial charge on any atom is -0.508 e. The van der Waals surface area contributed by atoms with Crippen LogP contribution in [0.4, 0.5) is 0 Å². The molecular formula is C27H44N6O6. The quantitative estimate of drug-likeness (QED) is 0.148. The Morgan fingerprint density at radius 2 is 1.23 bits per heavy atom. The molecule has 0 unspecified atom stereocenters. The number of nitrogens with one attached hydrogen (secondary N) is 4. The van der Waals surface area contributed by atoms with Crippen molar-refractivity contribution < 1.29 is 29.1 Å². The van der Waals surface area contributed by atoms with Crippen LogP contribution in [-0.2, 0) is 30.4 Å². The van der Waals surface area contributed by atoms with Crippen molar-refractivity contribution in [2.24, 2.45) is 23.3 Å². The van der Waals surface area contributed by atoms with Crippen LogP contribution in [0.2, 0.25) is 0 Å². The van der Waals surface area contributed by atoms with E-state index in [4.69, 9.17) is 11.5 Å². The zero-order valence-corrected chi connectivity index (χ0v) is 23.5. The number of likely N-dealkylation sites (N-methyl/N-ethyl adjacent to an activating group) is 1. The van der Waals surface area contributed by atoms with Gasteiger partial charge < -0.3 is 37.8 Å². The van der Waals surface area contributed by atoms with Crippen LogP contribution in [0.5, 0.6) is 5.75 Å². The molecule has 0 aromatic heterocycles. The van der Waals surface area contributed by atoms with Gasteiger partial charge in [0, 0.05) is 13.5 Å². The third-order valence-electron chi connectivity index (χ3n) is 5.97. The molecule has 0 saturated heterocycles. The molecule has 9 N–H and O–H groups in total. The van der Waals surface area contributed by atoms with Gasteiger partial charge in [-0.2, -0.15) is 0 Å². The molecule has 0 bridgehead atoms. The molecule has 1 aromatic carbocycles. The lowest BCUT2D eigenvalue weighted by molar-refractivity contribution is -0.134. The van der Waals surface area contributed by atoms with Gasteiger partial charge in [-0.3, -0.25) is 24.0 Å². The van der Waals surface area contributed by atoms with Crippen molar-refractivity contribution in [1.82, 2.24) is 21.3 Å². The number of nitrogens with two attached hydrogens (primary N) is 2. The smallest absolute Gasteiger partial charge is 0.243 e. The van der Waals surface area contributed by atoms with E-state index in [-0.39, 0.29) is 43.3 Å². The Morgan fingerprint density at radius 3 is 1.67 bits per heavy atom. The van der Waals surface area contributed by atoms with Crippen LogP contribution in [0, 0.1) is 11.8 Å². The van der Waals surface area contributed by atoms with E-state index in [1.165, 1.54) is 19.2 Å². The fourth-order valence-electron chi connectivity index (χ4n) is 3.94. The van der Waals surface area contributed by atoms with Gasteiger partial charge in [-0.1, -0.05) is 39.8 Å². The van der Waals surface area contributed by atoms with Gasteiger partial charge in [-0.15, -0.1) is 0 Å². The van der Waals surface area contributed by atoms with Crippen molar-refractivity contribution in [2.75, 3.05) is 7.05 Å². The first-order chi connectivity index (χ1) is 18.2. The van der Waals surface area contributed by atoms with E-state index in [2.05, 4.69) is 21.3 Å². The Hall–Kier alpha value is -3.67.